The quantitative estimate of drug-likeness (QED) is 0.355. The summed E-state index contributed by atoms with van der Waals surface area (Å²) in [7, 11) is 0. The van der Waals surface area contributed by atoms with E-state index in [4.69, 9.17) is 0 Å². The standard InChI is InChI=1S/C25H22N6O2/c1-18(20-8-4-2-5-9-20)16-23(32)26-28-25(33)22-14-12-19(13-15-22)17-31-29-24(27-30-31)21-10-6-3-7-11-21/h2-16H,17H2,1H3,(H,26,32)(H,28,33)/b18-16+. The van der Waals surface area contributed by atoms with Crippen LogP contribution in [0.5, 0.6) is 0 Å². The Hall–Kier alpha value is -4.59. The molecule has 0 radical (unpaired) electrons. The highest BCUT2D eigenvalue weighted by Crippen LogP contribution is 2.13. The Morgan fingerprint density at radius 1 is 0.848 bits per heavy atom. The number of amides is 2. The molecule has 0 saturated carbocycles. The number of aromatic nitrogens is 4. The van der Waals surface area contributed by atoms with E-state index in [0.717, 1.165) is 22.3 Å². The van der Waals surface area contributed by atoms with E-state index in [1.165, 1.54) is 10.9 Å². The minimum Gasteiger partial charge on any atom is -0.268 e. The first-order valence-corrected chi connectivity index (χ1v) is 10.3. The molecule has 4 rings (SSSR count). The van der Waals surface area contributed by atoms with Crippen molar-refractivity contribution in [3.8, 4) is 11.4 Å². The van der Waals surface area contributed by atoms with E-state index in [1.54, 1.807) is 12.1 Å². The highest BCUT2D eigenvalue weighted by atomic mass is 16.2. The van der Waals surface area contributed by atoms with Crippen molar-refractivity contribution in [3.05, 3.63) is 108 Å². The third-order valence-corrected chi connectivity index (χ3v) is 4.90. The average Bonchev–Trinajstić information content (AvgIpc) is 3.32. The third-order valence-electron chi connectivity index (χ3n) is 4.90. The zero-order chi connectivity index (χ0) is 23.0. The molecule has 0 fully saturated rings. The molecule has 2 amide bonds. The monoisotopic (exact) mass is 438 g/mol. The first-order valence-electron chi connectivity index (χ1n) is 10.3. The summed E-state index contributed by atoms with van der Waals surface area (Å²) in [6, 6.07) is 26.1. The first-order chi connectivity index (χ1) is 16.1. The van der Waals surface area contributed by atoms with Crippen molar-refractivity contribution in [3.63, 3.8) is 0 Å². The number of hydrogen-bond acceptors (Lipinski definition) is 5. The van der Waals surface area contributed by atoms with Gasteiger partial charge in [0, 0.05) is 17.2 Å². The van der Waals surface area contributed by atoms with Crippen molar-refractivity contribution in [2.45, 2.75) is 13.5 Å². The maximum Gasteiger partial charge on any atom is 0.269 e. The van der Waals surface area contributed by atoms with Gasteiger partial charge in [0.05, 0.1) is 6.54 Å². The lowest BCUT2D eigenvalue weighted by molar-refractivity contribution is -0.117. The first kappa shape index (κ1) is 21.6. The molecule has 0 bridgehead atoms. The van der Waals surface area contributed by atoms with Gasteiger partial charge in [-0.2, -0.15) is 4.80 Å². The fourth-order valence-electron chi connectivity index (χ4n) is 3.15. The second-order valence-corrected chi connectivity index (χ2v) is 7.34. The number of benzene rings is 3. The molecule has 1 heterocycles. The van der Waals surface area contributed by atoms with E-state index >= 15 is 0 Å². The molecule has 0 aliphatic carbocycles. The van der Waals surface area contributed by atoms with Crippen molar-refractivity contribution in [1.29, 1.82) is 0 Å². The zero-order valence-electron chi connectivity index (χ0n) is 18.0. The topological polar surface area (TPSA) is 102 Å². The van der Waals surface area contributed by atoms with Crippen LogP contribution in [0.3, 0.4) is 0 Å². The molecule has 0 aliphatic rings. The maximum absolute atomic E-state index is 12.3. The molecule has 0 unspecified atom stereocenters. The van der Waals surface area contributed by atoms with Gasteiger partial charge in [0.2, 0.25) is 5.82 Å². The minimum absolute atomic E-state index is 0.409. The lowest BCUT2D eigenvalue weighted by atomic mass is 10.1. The summed E-state index contributed by atoms with van der Waals surface area (Å²) in [6.45, 7) is 2.25. The van der Waals surface area contributed by atoms with Gasteiger partial charge in [-0.1, -0.05) is 72.8 Å². The molecule has 0 saturated heterocycles. The van der Waals surface area contributed by atoms with Crippen LogP contribution < -0.4 is 10.9 Å². The summed E-state index contributed by atoms with van der Waals surface area (Å²) in [5, 5.41) is 12.6. The number of nitrogens with one attached hydrogen (secondary N) is 2. The number of hydrogen-bond donors (Lipinski definition) is 2. The Morgan fingerprint density at radius 2 is 1.52 bits per heavy atom. The zero-order valence-corrected chi connectivity index (χ0v) is 18.0. The van der Waals surface area contributed by atoms with E-state index in [1.807, 2.05) is 79.7 Å². The van der Waals surface area contributed by atoms with Crippen LogP contribution in [0.1, 0.15) is 28.4 Å². The number of allylic oxidation sites excluding steroid dienone is 1. The number of tetrazole rings is 1. The molecule has 8 nitrogen and oxygen atoms in total. The Kier molecular flexibility index (Phi) is 6.65. The van der Waals surface area contributed by atoms with E-state index in [2.05, 4.69) is 26.3 Å². The van der Waals surface area contributed by atoms with Crippen molar-refractivity contribution in [2.75, 3.05) is 0 Å². The Balaban J connectivity index is 1.31. The van der Waals surface area contributed by atoms with Gasteiger partial charge in [0.1, 0.15) is 0 Å². The molecule has 0 atom stereocenters. The van der Waals surface area contributed by atoms with Crippen LogP contribution in [0, 0.1) is 0 Å². The largest absolute Gasteiger partial charge is 0.269 e. The van der Waals surface area contributed by atoms with Crippen LogP contribution in [-0.2, 0) is 11.3 Å². The number of rotatable bonds is 6. The van der Waals surface area contributed by atoms with Gasteiger partial charge in [0.25, 0.3) is 11.8 Å². The summed E-state index contributed by atoms with van der Waals surface area (Å²) >= 11 is 0. The van der Waals surface area contributed by atoms with Crippen LogP contribution in [0.15, 0.2) is 91.0 Å². The SMILES string of the molecule is C/C(=C\C(=O)NNC(=O)c1ccc(Cn2nnc(-c3ccccc3)n2)cc1)c1ccccc1. The summed E-state index contributed by atoms with van der Waals surface area (Å²) in [5.41, 5.74) is 8.79. The molecule has 1 aromatic heterocycles. The third kappa shape index (κ3) is 5.76. The van der Waals surface area contributed by atoms with Crippen LogP contribution in [0.2, 0.25) is 0 Å². The molecule has 33 heavy (non-hydrogen) atoms. The number of carbonyl (C=O) groups is 2. The van der Waals surface area contributed by atoms with Crippen molar-refractivity contribution in [2.24, 2.45) is 0 Å². The van der Waals surface area contributed by atoms with E-state index in [-0.39, 0.29) is 0 Å². The number of carbonyl (C=O) groups excluding carboxylic acids is 2. The van der Waals surface area contributed by atoms with Crippen molar-refractivity contribution in [1.82, 2.24) is 31.1 Å². The molecule has 3 aromatic carbocycles. The summed E-state index contributed by atoms with van der Waals surface area (Å²) in [6.07, 6.45) is 1.44. The fraction of sp³-hybridized carbons (Fsp3) is 0.0800. The normalized spacial score (nSPS) is 11.1. The van der Waals surface area contributed by atoms with Gasteiger partial charge in [0.15, 0.2) is 0 Å². The lowest BCUT2D eigenvalue weighted by Crippen LogP contribution is -2.40. The van der Waals surface area contributed by atoms with E-state index in [0.29, 0.717) is 17.9 Å². The van der Waals surface area contributed by atoms with E-state index in [9.17, 15) is 9.59 Å². The smallest absolute Gasteiger partial charge is 0.268 e. The average molecular weight is 438 g/mol. The van der Waals surface area contributed by atoms with E-state index < -0.39 is 11.8 Å². The molecule has 0 aliphatic heterocycles. The second kappa shape index (κ2) is 10.1. The summed E-state index contributed by atoms with van der Waals surface area (Å²) in [4.78, 5) is 25.9. The lowest BCUT2D eigenvalue weighted by Gasteiger charge is -2.07. The van der Waals surface area contributed by atoms with Crippen LogP contribution in [-0.4, -0.2) is 32.0 Å². The van der Waals surface area contributed by atoms with Gasteiger partial charge < -0.3 is 0 Å². The number of hydrazine groups is 1. The molecule has 8 heteroatoms. The minimum atomic E-state index is -0.411. The van der Waals surface area contributed by atoms with Gasteiger partial charge >= 0.3 is 0 Å². The molecule has 164 valence electrons. The molecule has 2 N–H and O–H groups in total. The second-order valence-electron chi connectivity index (χ2n) is 7.34. The van der Waals surface area contributed by atoms with Crippen LogP contribution >= 0.6 is 0 Å². The Labute approximate surface area is 190 Å². The fourth-order valence-corrected chi connectivity index (χ4v) is 3.15. The molecule has 0 spiro atoms. The highest BCUT2D eigenvalue weighted by molar-refractivity contribution is 5.99. The van der Waals surface area contributed by atoms with Crippen molar-refractivity contribution < 1.29 is 9.59 Å². The van der Waals surface area contributed by atoms with Crippen molar-refractivity contribution >= 4 is 17.4 Å². The maximum atomic E-state index is 12.3. The Bertz CT molecular complexity index is 1270. The van der Waals surface area contributed by atoms with Gasteiger partial charge in [-0.05, 0) is 41.0 Å². The summed E-state index contributed by atoms with van der Waals surface area (Å²) < 4.78 is 0. The molecule has 4 aromatic rings. The predicted molar refractivity (Wildman–Crippen MR) is 124 cm³/mol. The van der Waals surface area contributed by atoms with Crippen LogP contribution in [0.4, 0.5) is 0 Å². The van der Waals surface area contributed by atoms with Gasteiger partial charge in [-0.25, -0.2) is 0 Å². The predicted octanol–water partition coefficient (Wildman–Crippen LogP) is 3.25. The Morgan fingerprint density at radius 3 is 2.21 bits per heavy atom. The molecular weight excluding hydrogens is 416 g/mol. The van der Waals surface area contributed by atoms with Gasteiger partial charge in [-0.15, -0.1) is 10.2 Å². The summed E-state index contributed by atoms with van der Waals surface area (Å²) in [5.74, 6) is -0.266. The number of nitrogens with zero attached hydrogens (tertiary/aromatic N) is 4. The van der Waals surface area contributed by atoms with Gasteiger partial charge in [-0.3, -0.25) is 20.4 Å². The highest BCUT2D eigenvalue weighted by Gasteiger charge is 2.09. The molecular formula is C25H22N6O2. The van der Waals surface area contributed by atoms with Crippen LogP contribution in [0.25, 0.3) is 17.0 Å².